The topological polar surface area (TPSA) is 37.6 Å². The van der Waals surface area contributed by atoms with Gasteiger partial charge in [-0.25, -0.2) is 0 Å². The lowest BCUT2D eigenvalue weighted by Gasteiger charge is -2.15. The van der Waals surface area contributed by atoms with Crippen LogP contribution in [0.5, 0.6) is 0 Å². The van der Waals surface area contributed by atoms with Gasteiger partial charge in [-0.15, -0.1) is 0 Å². The van der Waals surface area contributed by atoms with E-state index in [9.17, 15) is 0 Å². The normalized spacial score (nSPS) is 15.7. The summed E-state index contributed by atoms with van der Waals surface area (Å²) in [6.07, 6.45) is 4.40. The van der Waals surface area contributed by atoms with Gasteiger partial charge >= 0.3 is 0 Å². The molecule has 1 aliphatic rings. The number of likely N-dealkylation sites (N-methyl/N-ethyl adjacent to an activating group) is 1. The van der Waals surface area contributed by atoms with Crippen LogP contribution < -0.4 is 5.32 Å². The molecule has 0 amide bonds. The number of methoxy groups -OCH3 is 1. The maximum atomic E-state index is 5.53. The van der Waals surface area contributed by atoms with Crippen molar-refractivity contribution in [2.75, 3.05) is 27.3 Å². The van der Waals surface area contributed by atoms with Gasteiger partial charge in [-0.1, -0.05) is 0 Å². The molecule has 0 unspecified atom stereocenters. The Bertz CT molecular complexity index is 334. The molecular formula is C13H22N2O2. The van der Waals surface area contributed by atoms with Crippen molar-refractivity contribution in [1.29, 1.82) is 0 Å². The smallest absolute Gasteiger partial charge is 0.122 e. The van der Waals surface area contributed by atoms with Crippen molar-refractivity contribution in [2.45, 2.75) is 32.0 Å². The molecule has 1 aromatic heterocycles. The molecule has 0 atom stereocenters. The Balaban J connectivity index is 1.79. The van der Waals surface area contributed by atoms with Gasteiger partial charge in [0.25, 0.3) is 0 Å². The van der Waals surface area contributed by atoms with Crippen LogP contribution in [0, 0.1) is 0 Å². The molecular weight excluding hydrogens is 216 g/mol. The molecule has 1 N–H and O–H groups in total. The largest absolute Gasteiger partial charge is 0.468 e. The zero-order valence-corrected chi connectivity index (χ0v) is 10.7. The second-order valence-electron chi connectivity index (χ2n) is 4.75. The molecule has 4 nitrogen and oxygen atoms in total. The van der Waals surface area contributed by atoms with Gasteiger partial charge in [0, 0.05) is 31.8 Å². The van der Waals surface area contributed by atoms with E-state index in [1.807, 2.05) is 0 Å². The summed E-state index contributed by atoms with van der Waals surface area (Å²) in [6, 6.07) is 2.78. The third kappa shape index (κ3) is 4.15. The molecule has 96 valence electrons. The molecule has 0 aliphatic heterocycles. The Labute approximate surface area is 103 Å². The molecule has 0 spiro atoms. The molecule has 0 aromatic carbocycles. The first-order chi connectivity index (χ1) is 8.29. The highest BCUT2D eigenvalue weighted by Gasteiger charge is 2.21. The lowest BCUT2D eigenvalue weighted by atomic mass is 10.2. The molecule has 1 aromatic rings. The third-order valence-corrected chi connectivity index (χ3v) is 3.08. The van der Waals surface area contributed by atoms with Crippen LogP contribution in [0.25, 0.3) is 0 Å². The summed E-state index contributed by atoms with van der Waals surface area (Å²) in [6.45, 7) is 3.48. The van der Waals surface area contributed by atoms with Crippen molar-refractivity contribution in [2.24, 2.45) is 0 Å². The SMILES string of the molecule is COCCN(C)Cc1ccoc1CNC1CC1. The van der Waals surface area contributed by atoms with Gasteiger partial charge in [0.15, 0.2) is 0 Å². The molecule has 2 rings (SSSR count). The summed E-state index contributed by atoms with van der Waals surface area (Å²) in [5.41, 5.74) is 1.27. The lowest BCUT2D eigenvalue weighted by Crippen LogP contribution is -2.23. The zero-order chi connectivity index (χ0) is 12.1. The first-order valence-corrected chi connectivity index (χ1v) is 6.25. The molecule has 0 saturated heterocycles. The van der Waals surface area contributed by atoms with Crippen molar-refractivity contribution in [3.8, 4) is 0 Å². The van der Waals surface area contributed by atoms with E-state index in [1.165, 1.54) is 18.4 Å². The number of hydrogen-bond acceptors (Lipinski definition) is 4. The van der Waals surface area contributed by atoms with E-state index in [0.717, 1.165) is 38.0 Å². The Kier molecular flexibility index (Phi) is 4.59. The molecule has 4 heteroatoms. The number of ether oxygens (including phenoxy) is 1. The van der Waals surface area contributed by atoms with Gasteiger partial charge in [-0.05, 0) is 26.0 Å². The number of nitrogens with zero attached hydrogens (tertiary/aromatic N) is 1. The lowest BCUT2D eigenvalue weighted by molar-refractivity contribution is 0.158. The van der Waals surface area contributed by atoms with Gasteiger partial charge in [-0.3, -0.25) is 4.90 Å². The molecule has 0 radical (unpaired) electrons. The summed E-state index contributed by atoms with van der Waals surface area (Å²) >= 11 is 0. The molecule has 1 fully saturated rings. The van der Waals surface area contributed by atoms with Gasteiger partial charge in [0.2, 0.25) is 0 Å². The summed E-state index contributed by atoms with van der Waals surface area (Å²) in [7, 11) is 3.83. The van der Waals surface area contributed by atoms with Crippen molar-refractivity contribution in [1.82, 2.24) is 10.2 Å². The van der Waals surface area contributed by atoms with Crippen LogP contribution in [0.3, 0.4) is 0 Å². The van der Waals surface area contributed by atoms with Gasteiger partial charge < -0.3 is 14.5 Å². The fourth-order valence-electron chi connectivity index (χ4n) is 1.80. The zero-order valence-electron chi connectivity index (χ0n) is 10.7. The van der Waals surface area contributed by atoms with Crippen LogP contribution >= 0.6 is 0 Å². The van der Waals surface area contributed by atoms with Gasteiger partial charge in [0.1, 0.15) is 5.76 Å². The third-order valence-electron chi connectivity index (χ3n) is 3.08. The van der Waals surface area contributed by atoms with Crippen LogP contribution in [0.2, 0.25) is 0 Å². The van der Waals surface area contributed by atoms with Crippen molar-refractivity contribution >= 4 is 0 Å². The Hall–Kier alpha value is -0.840. The van der Waals surface area contributed by atoms with Crippen LogP contribution in [0.1, 0.15) is 24.2 Å². The Morgan fingerprint density at radius 2 is 2.35 bits per heavy atom. The van der Waals surface area contributed by atoms with Crippen LogP contribution in [0.15, 0.2) is 16.7 Å². The maximum Gasteiger partial charge on any atom is 0.122 e. The van der Waals surface area contributed by atoms with Crippen LogP contribution in [-0.4, -0.2) is 38.3 Å². The fourth-order valence-corrected chi connectivity index (χ4v) is 1.80. The monoisotopic (exact) mass is 238 g/mol. The second kappa shape index (κ2) is 6.19. The maximum absolute atomic E-state index is 5.53. The average molecular weight is 238 g/mol. The highest BCUT2D eigenvalue weighted by molar-refractivity contribution is 5.17. The van der Waals surface area contributed by atoms with Crippen LogP contribution in [-0.2, 0) is 17.8 Å². The minimum absolute atomic E-state index is 0.721. The molecule has 1 saturated carbocycles. The number of hydrogen-bond donors (Lipinski definition) is 1. The van der Waals surface area contributed by atoms with Gasteiger partial charge in [0.05, 0.1) is 19.4 Å². The van der Waals surface area contributed by atoms with Crippen molar-refractivity contribution < 1.29 is 9.15 Å². The minimum Gasteiger partial charge on any atom is -0.468 e. The summed E-state index contributed by atoms with van der Waals surface area (Å²) in [5.74, 6) is 1.07. The first-order valence-electron chi connectivity index (χ1n) is 6.25. The molecule has 0 bridgehead atoms. The van der Waals surface area contributed by atoms with E-state index in [-0.39, 0.29) is 0 Å². The summed E-state index contributed by atoms with van der Waals surface area (Å²) in [4.78, 5) is 2.25. The van der Waals surface area contributed by atoms with E-state index < -0.39 is 0 Å². The Morgan fingerprint density at radius 3 is 3.06 bits per heavy atom. The standard InChI is InChI=1S/C13H22N2O2/c1-15(6-8-16-2)10-11-5-7-17-13(11)9-14-12-3-4-12/h5,7,12,14H,3-4,6,8-10H2,1-2H3. The Morgan fingerprint density at radius 1 is 1.53 bits per heavy atom. The van der Waals surface area contributed by atoms with E-state index in [4.69, 9.17) is 9.15 Å². The van der Waals surface area contributed by atoms with Crippen LogP contribution in [0.4, 0.5) is 0 Å². The number of nitrogens with one attached hydrogen (secondary N) is 1. The minimum atomic E-state index is 0.721. The fraction of sp³-hybridized carbons (Fsp3) is 0.692. The quantitative estimate of drug-likeness (QED) is 0.746. The second-order valence-corrected chi connectivity index (χ2v) is 4.75. The molecule has 1 heterocycles. The van der Waals surface area contributed by atoms with Gasteiger partial charge in [-0.2, -0.15) is 0 Å². The molecule has 17 heavy (non-hydrogen) atoms. The summed E-state index contributed by atoms with van der Waals surface area (Å²) < 4.78 is 10.6. The highest BCUT2D eigenvalue weighted by atomic mass is 16.5. The number of furan rings is 1. The predicted molar refractivity (Wildman–Crippen MR) is 66.8 cm³/mol. The van der Waals surface area contributed by atoms with Crippen molar-refractivity contribution in [3.63, 3.8) is 0 Å². The van der Waals surface area contributed by atoms with E-state index in [1.54, 1.807) is 13.4 Å². The highest BCUT2D eigenvalue weighted by Crippen LogP contribution is 2.20. The van der Waals surface area contributed by atoms with E-state index in [2.05, 4.69) is 23.3 Å². The molecule has 1 aliphatic carbocycles. The summed E-state index contributed by atoms with van der Waals surface area (Å²) in [5, 5.41) is 3.48. The van der Waals surface area contributed by atoms with E-state index in [0.29, 0.717) is 0 Å². The number of rotatable bonds is 8. The average Bonchev–Trinajstić information content (AvgIpc) is 3.05. The first kappa shape index (κ1) is 12.6. The predicted octanol–water partition coefficient (Wildman–Crippen LogP) is 1.61. The van der Waals surface area contributed by atoms with Crippen molar-refractivity contribution in [3.05, 3.63) is 23.7 Å². The van der Waals surface area contributed by atoms with E-state index >= 15 is 0 Å².